The summed E-state index contributed by atoms with van der Waals surface area (Å²) < 4.78 is 19.0. The number of halogens is 1. The molecule has 3 aromatic rings. The van der Waals surface area contributed by atoms with Crippen molar-refractivity contribution in [2.75, 3.05) is 0 Å². The minimum Gasteiger partial charge on any atom is -0.459 e. The van der Waals surface area contributed by atoms with E-state index in [0.29, 0.717) is 23.3 Å². The Balaban J connectivity index is 1.60. The second-order valence-corrected chi connectivity index (χ2v) is 5.75. The number of furan rings is 1. The van der Waals surface area contributed by atoms with Crippen molar-refractivity contribution in [3.8, 4) is 0 Å². The van der Waals surface area contributed by atoms with Crippen LogP contribution in [0, 0.1) is 12.7 Å². The largest absolute Gasteiger partial charge is 0.459 e. The Morgan fingerprint density at radius 1 is 1.12 bits per heavy atom. The molecular formula is C19H19FN2O3. The third-order valence-corrected chi connectivity index (χ3v) is 4.13. The van der Waals surface area contributed by atoms with E-state index in [2.05, 4.69) is 10.6 Å². The quantitative estimate of drug-likeness (QED) is 0.665. The summed E-state index contributed by atoms with van der Waals surface area (Å²) in [7, 11) is 0. The molecule has 0 aliphatic heterocycles. The highest BCUT2D eigenvalue weighted by Gasteiger charge is 2.12. The number of carbonyl (C=O) groups excluding carboxylic acids is 1. The molecule has 0 bridgehead atoms. The number of aryl methyl sites for hydroxylation is 1. The SMILES string of the molecule is Cc1c(CNC(=O)NCc2ccccc2CO)oc2ccc(F)cc12. The number of urea groups is 1. The first kappa shape index (κ1) is 17.0. The van der Waals surface area contributed by atoms with Crippen molar-refractivity contribution in [2.45, 2.75) is 26.6 Å². The topological polar surface area (TPSA) is 74.5 Å². The van der Waals surface area contributed by atoms with Crippen LogP contribution in [-0.2, 0) is 19.7 Å². The Morgan fingerprint density at radius 3 is 2.60 bits per heavy atom. The van der Waals surface area contributed by atoms with Crippen molar-refractivity contribution in [1.82, 2.24) is 10.6 Å². The minimum absolute atomic E-state index is 0.0752. The number of hydrogen-bond donors (Lipinski definition) is 3. The van der Waals surface area contributed by atoms with Crippen LogP contribution in [0.15, 0.2) is 46.9 Å². The number of fused-ring (bicyclic) bond motifs is 1. The molecule has 2 amide bonds. The highest BCUT2D eigenvalue weighted by Crippen LogP contribution is 2.25. The summed E-state index contributed by atoms with van der Waals surface area (Å²) in [5, 5.41) is 15.5. The Morgan fingerprint density at radius 2 is 1.84 bits per heavy atom. The molecule has 130 valence electrons. The van der Waals surface area contributed by atoms with Crippen LogP contribution in [0.4, 0.5) is 9.18 Å². The van der Waals surface area contributed by atoms with Crippen LogP contribution in [0.5, 0.6) is 0 Å². The van der Waals surface area contributed by atoms with Gasteiger partial charge in [-0.2, -0.15) is 0 Å². The van der Waals surface area contributed by atoms with Gasteiger partial charge in [-0.15, -0.1) is 0 Å². The molecule has 0 spiro atoms. The van der Waals surface area contributed by atoms with Gasteiger partial charge >= 0.3 is 6.03 Å². The standard InChI is InChI=1S/C19H19FN2O3/c1-12-16-8-15(20)6-7-17(16)25-18(12)10-22-19(24)21-9-13-4-2-3-5-14(13)11-23/h2-8,23H,9-11H2,1H3,(H2,21,22,24). The molecule has 1 aromatic heterocycles. The summed E-state index contributed by atoms with van der Waals surface area (Å²) >= 11 is 0. The number of amides is 2. The normalized spacial score (nSPS) is 10.8. The van der Waals surface area contributed by atoms with Crippen molar-refractivity contribution in [3.05, 3.63) is 70.7 Å². The van der Waals surface area contributed by atoms with E-state index < -0.39 is 0 Å². The van der Waals surface area contributed by atoms with Gasteiger partial charge in [-0.3, -0.25) is 0 Å². The summed E-state index contributed by atoms with van der Waals surface area (Å²) in [6.07, 6.45) is 0. The third kappa shape index (κ3) is 3.80. The first-order valence-corrected chi connectivity index (χ1v) is 7.95. The number of hydrogen-bond acceptors (Lipinski definition) is 3. The summed E-state index contributed by atoms with van der Waals surface area (Å²) in [6, 6.07) is 11.3. The maximum absolute atomic E-state index is 13.3. The van der Waals surface area contributed by atoms with Gasteiger partial charge < -0.3 is 20.2 Å². The molecular weight excluding hydrogens is 323 g/mol. The zero-order valence-corrected chi connectivity index (χ0v) is 13.8. The van der Waals surface area contributed by atoms with E-state index in [1.165, 1.54) is 12.1 Å². The van der Waals surface area contributed by atoms with Crippen molar-refractivity contribution in [2.24, 2.45) is 0 Å². The molecule has 25 heavy (non-hydrogen) atoms. The lowest BCUT2D eigenvalue weighted by Gasteiger charge is -2.09. The lowest BCUT2D eigenvalue weighted by molar-refractivity contribution is 0.239. The van der Waals surface area contributed by atoms with Gasteiger partial charge in [-0.25, -0.2) is 9.18 Å². The molecule has 0 saturated carbocycles. The first-order valence-electron chi connectivity index (χ1n) is 7.95. The maximum Gasteiger partial charge on any atom is 0.315 e. The molecule has 0 unspecified atom stereocenters. The van der Waals surface area contributed by atoms with Crippen molar-refractivity contribution < 1.29 is 18.7 Å². The molecule has 3 N–H and O–H groups in total. The van der Waals surface area contributed by atoms with E-state index in [-0.39, 0.29) is 25.0 Å². The molecule has 1 heterocycles. The van der Waals surface area contributed by atoms with Gasteiger partial charge in [0.25, 0.3) is 0 Å². The fraction of sp³-hybridized carbons (Fsp3) is 0.211. The maximum atomic E-state index is 13.3. The number of carbonyl (C=O) groups is 1. The highest BCUT2D eigenvalue weighted by molar-refractivity contribution is 5.82. The average Bonchev–Trinajstić information content (AvgIpc) is 2.94. The van der Waals surface area contributed by atoms with E-state index in [1.54, 1.807) is 6.07 Å². The first-order chi connectivity index (χ1) is 12.1. The van der Waals surface area contributed by atoms with Gasteiger partial charge in [-0.1, -0.05) is 24.3 Å². The number of aliphatic hydroxyl groups excluding tert-OH is 1. The molecule has 3 rings (SSSR count). The molecule has 0 atom stereocenters. The molecule has 0 fully saturated rings. The van der Waals surface area contributed by atoms with Crippen LogP contribution in [0.2, 0.25) is 0 Å². The lowest BCUT2D eigenvalue weighted by atomic mass is 10.1. The van der Waals surface area contributed by atoms with Crippen LogP contribution >= 0.6 is 0 Å². The average molecular weight is 342 g/mol. The number of rotatable bonds is 5. The molecule has 0 aliphatic rings. The fourth-order valence-corrected chi connectivity index (χ4v) is 2.70. The number of aliphatic hydroxyl groups is 1. The lowest BCUT2D eigenvalue weighted by Crippen LogP contribution is -2.34. The van der Waals surface area contributed by atoms with Gasteiger partial charge in [0, 0.05) is 17.5 Å². The number of benzene rings is 2. The number of nitrogens with one attached hydrogen (secondary N) is 2. The molecule has 0 radical (unpaired) electrons. The van der Waals surface area contributed by atoms with Crippen molar-refractivity contribution >= 4 is 17.0 Å². The van der Waals surface area contributed by atoms with Gasteiger partial charge in [-0.05, 0) is 36.2 Å². The summed E-state index contributed by atoms with van der Waals surface area (Å²) in [6.45, 7) is 2.27. The van der Waals surface area contributed by atoms with E-state index in [4.69, 9.17) is 4.42 Å². The summed E-state index contributed by atoms with van der Waals surface area (Å²) in [5.41, 5.74) is 3.03. The Labute approximate surface area is 144 Å². The Bertz CT molecular complexity index is 905. The second kappa shape index (κ2) is 7.36. The van der Waals surface area contributed by atoms with E-state index in [1.807, 2.05) is 31.2 Å². The third-order valence-electron chi connectivity index (χ3n) is 4.13. The van der Waals surface area contributed by atoms with Crippen molar-refractivity contribution in [3.63, 3.8) is 0 Å². The van der Waals surface area contributed by atoms with Crippen LogP contribution in [0.3, 0.4) is 0 Å². The van der Waals surface area contributed by atoms with Gasteiger partial charge in [0.1, 0.15) is 17.2 Å². The van der Waals surface area contributed by atoms with Gasteiger partial charge in [0.05, 0.1) is 13.2 Å². The molecule has 0 saturated heterocycles. The molecule has 2 aromatic carbocycles. The van der Waals surface area contributed by atoms with Crippen LogP contribution in [-0.4, -0.2) is 11.1 Å². The monoisotopic (exact) mass is 342 g/mol. The van der Waals surface area contributed by atoms with Crippen LogP contribution in [0.1, 0.15) is 22.5 Å². The fourth-order valence-electron chi connectivity index (χ4n) is 2.70. The Kier molecular flexibility index (Phi) is 5.00. The van der Waals surface area contributed by atoms with Gasteiger partial charge in [0.2, 0.25) is 0 Å². The highest BCUT2D eigenvalue weighted by atomic mass is 19.1. The zero-order chi connectivity index (χ0) is 17.8. The Hall–Kier alpha value is -2.86. The summed E-state index contributed by atoms with van der Waals surface area (Å²) in [4.78, 5) is 12.0. The smallest absolute Gasteiger partial charge is 0.315 e. The van der Waals surface area contributed by atoms with Crippen LogP contribution < -0.4 is 10.6 Å². The molecule has 5 nitrogen and oxygen atoms in total. The molecule has 0 aliphatic carbocycles. The van der Waals surface area contributed by atoms with Gasteiger partial charge in [0.15, 0.2) is 0 Å². The second-order valence-electron chi connectivity index (χ2n) is 5.75. The predicted molar refractivity (Wildman–Crippen MR) is 92.3 cm³/mol. The van der Waals surface area contributed by atoms with E-state index in [0.717, 1.165) is 16.7 Å². The van der Waals surface area contributed by atoms with E-state index in [9.17, 15) is 14.3 Å². The minimum atomic E-state index is -0.348. The predicted octanol–water partition coefficient (Wildman–Crippen LogP) is 3.37. The molecule has 6 heteroatoms. The van der Waals surface area contributed by atoms with Crippen LogP contribution in [0.25, 0.3) is 11.0 Å². The van der Waals surface area contributed by atoms with E-state index >= 15 is 0 Å². The zero-order valence-electron chi connectivity index (χ0n) is 13.8. The van der Waals surface area contributed by atoms with Crippen molar-refractivity contribution in [1.29, 1.82) is 0 Å². The summed E-state index contributed by atoms with van der Waals surface area (Å²) in [5.74, 6) is 0.266.